The first kappa shape index (κ1) is 14.8. The van der Waals surface area contributed by atoms with Crippen molar-refractivity contribution in [2.45, 2.75) is 25.3 Å². The molecule has 1 amide bonds. The van der Waals surface area contributed by atoms with Gasteiger partial charge in [0.15, 0.2) is 0 Å². The number of hydrogen-bond donors (Lipinski definition) is 2. The third kappa shape index (κ3) is 2.90. The molecule has 1 aromatic carbocycles. The fourth-order valence-corrected chi connectivity index (χ4v) is 3.05. The molecule has 2 N–H and O–H groups in total. The first-order valence-corrected chi connectivity index (χ1v) is 7.52. The van der Waals surface area contributed by atoms with Crippen molar-refractivity contribution >= 4 is 34.4 Å². The Morgan fingerprint density at radius 3 is 2.77 bits per heavy atom. The molecule has 1 fully saturated rings. The van der Waals surface area contributed by atoms with Gasteiger partial charge >= 0.3 is 5.97 Å². The largest absolute Gasteiger partial charge is 0.481 e. The highest BCUT2D eigenvalue weighted by atomic mass is 35.5. The number of fused-ring (bicyclic) bond motifs is 1. The van der Waals surface area contributed by atoms with Crippen LogP contribution in [0, 0.1) is 5.92 Å². The smallest absolute Gasteiger partial charge is 0.308 e. The Labute approximate surface area is 132 Å². The van der Waals surface area contributed by atoms with Gasteiger partial charge in [-0.1, -0.05) is 30.2 Å². The summed E-state index contributed by atoms with van der Waals surface area (Å²) >= 11 is 5.94. The lowest BCUT2D eigenvalue weighted by molar-refractivity contribution is -0.142. The lowest BCUT2D eigenvalue weighted by Crippen LogP contribution is -2.40. The maximum atomic E-state index is 12.3. The molecule has 2 atom stereocenters. The summed E-state index contributed by atoms with van der Waals surface area (Å²) in [5.41, 5.74) is 0.909. The Balaban J connectivity index is 1.81. The van der Waals surface area contributed by atoms with Gasteiger partial charge in [-0.25, -0.2) is 4.98 Å². The highest BCUT2D eigenvalue weighted by Gasteiger charge is 2.34. The summed E-state index contributed by atoms with van der Waals surface area (Å²) in [6.45, 7) is 0. The van der Waals surface area contributed by atoms with E-state index in [1.54, 1.807) is 24.3 Å². The van der Waals surface area contributed by atoms with Crippen LogP contribution in [0.4, 0.5) is 0 Å². The molecule has 2 aromatic rings. The number of carboxylic acids is 1. The van der Waals surface area contributed by atoms with Crippen LogP contribution in [-0.2, 0) is 4.79 Å². The average molecular weight is 319 g/mol. The average Bonchev–Trinajstić information content (AvgIpc) is 2.94. The van der Waals surface area contributed by atoms with E-state index < -0.39 is 11.9 Å². The molecule has 5 nitrogen and oxygen atoms in total. The van der Waals surface area contributed by atoms with Crippen LogP contribution >= 0.6 is 11.6 Å². The second kappa shape index (κ2) is 5.93. The van der Waals surface area contributed by atoms with Gasteiger partial charge in [-0.2, -0.15) is 0 Å². The third-order valence-electron chi connectivity index (χ3n) is 4.04. The summed E-state index contributed by atoms with van der Waals surface area (Å²) < 4.78 is 0. The molecule has 0 spiro atoms. The van der Waals surface area contributed by atoms with Crippen LogP contribution in [0.2, 0.25) is 5.02 Å². The predicted octanol–water partition coefficient (Wildman–Crippen LogP) is 2.87. The quantitative estimate of drug-likeness (QED) is 0.912. The Kier molecular flexibility index (Phi) is 3.98. The van der Waals surface area contributed by atoms with E-state index in [0.717, 1.165) is 11.8 Å². The lowest BCUT2D eigenvalue weighted by atomic mass is 10.0. The maximum Gasteiger partial charge on any atom is 0.308 e. The van der Waals surface area contributed by atoms with Crippen molar-refractivity contribution in [2.24, 2.45) is 5.92 Å². The van der Waals surface area contributed by atoms with Crippen LogP contribution in [0.1, 0.15) is 29.8 Å². The minimum absolute atomic E-state index is 0.269. The van der Waals surface area contributed by atoms with Gasteiger partial charge in [-0.05, 0) is 31.0 Å². The van der Waals surface area contributed by atoms with Crippen molar-refractivity contribution in [1.82, 2.24) is 10.3 Å². The molecule has 1 aromatic heterocycles. The molecule has 1 heterocycles. The first-order valence-electron chi connectivity index (χ1n) is 7.14. The van der Waals surface area contributed by atoms with Gasteiger partial charge in [0.25, 0.3) is 5.91 Å². The summed E-state index contributed by atoms with van der Waals surface area (Å²) in [5, 5.41) is 13.4. The van der Waals surface area contributed by atoms with E-state index in [-0.39, 0.29) is 17.6 Å². The highest BCUT2D eigenvalue weighted by Crippen LogP contribution is 2.26. The first-order chi connectivity index (χ1) is 10.5. The minimum Gasteiger partial charge on any atom is -0.481 e. The SMILES string of the molecule is O=C(N[C@H]1CCC[C@H]1C(=O)O)c1ccc2ccc(Cl)cc2n1. The Hall–Kier alpha value is -2.14. The predicted molar refractivity (Wildman–Crippen MR) is 83.0 cm³/mol. The number of carboxylic acid groups (broad SMARTS) is 1. The zero-order chi connectivity index (χ0) is 15.7. The van der Waals surface area contributed by atoms with Gasteiger partial charge in [0.1, 0.15) is 5.69 Å². The highest BCUT2D eigenvalue weighted by molar-refractivity contribution is 6.31. The number of halogens is 1. The number of hydrogen-bond acceptors (Lipinski definition) is 3. The second-order valence-corrected chi connectivity index (χ2v) is 5.93. The van der Waals surface area contributed by atoms with Gasteiger partial charge < -0.3 is 10.4 Å². The monoisotopic (exact) mass is 318 g/mol. The lowest BCUT2D eigenvalue weighted by Gasteiger charge is -2.17. The molecule has 1 aliphatic rings. The van der Waals surface area contributed by atoms with Crippen LogP contribution in [0.25, 0.3) is 10.9 Å². The fourth-order valence-electron chi connectivity index (χ4n) is 2.89. The normalized spacial score (nSPS) is 21.0. The van der Waals surface area contributed by atoms with E-state index in [0.29, 0.717) is 23.4 Å². The summed E-state index contributed by atoms with van der Waals surface area (Å²) in [4.78, 5) is 27.8. The van der Waals surface area contributed by atoms with Crippen LogP contribution in [0.3, 0.4) is 0 Å². The summed E-state index contributed by atoms with van der Waals surface area (Å²) in [5.74, 6) is -1.72. The van der Waals surface area contributed by atoms with Gasteiger partial charge in [-0.3, -0.25) is 9.59 Å². The zero-order valence-corrected chi connectivity index (χ0v) is 12.5. The van der Waals surface area contributed by atoms with Gasteiger partial charge in [0, 0.05) is 16.5 Å². The Morgan fingerprint density at radius 2 is 2.00 bits per heavy atom. The van der Waals surface area contributed by atoms with E-state index in [1.807, 2.05) is 6.07 Å². The van der Waals surface area contributed by atoms with Crippen molar-refractivity contribution in [1.29, 1.82) is 0 Å². The van der Waals surface area contributed by atoms with E-state index in [1.165, 1.54) is 0 Å². The van der Waals surface area contributed by atoms with Gasteiger partial charge in [0.2, 0.25) is 0 Å². The number of pyridine rings is 1. The number of rotatable bonds is 3. The van der Waals surface area contributed by atoms with Gasteiger partial charge in [-0.15, -0.1) is 0 Å². The number of aliphatic carboxylic acids is 1. The van der Waals surface area contributed by atoms with E-state index in [4.69, 9.17) is 16.7 Å². The molecule has 0 aliphatic heterocycles. The number of aromatic nitrogens is 1. The van der Waals surface area contributed by atoms with Crippen LogP contribution in [0.15, 0.2) is 30.3 Å². The number of benzene rings is 1. The molecule has 0 unspecified atom stereocenters. The second-order valence-electron chi connectivity index (χ2n) is 5.49. The molecule has 114 valence electrons. The fraction of sp³-hybridized carbons (Fsp3) is 0.312. The number of nitrogens with zero attached hydrogens (tertiary/aromatic N) is 1. The molecule has 22 heavy (non-hydrogen) atoms. The molecule has 0 bridgehead atoms. The van der Waals surface area contributed by atoms with Crippen molar-refractivity contribution in [3.05, 3.63) is 41.0 Å². The molecule has 6 heteroatoms. The molecule has 3 rings (SSSR count). The van der Waals surface area contributed by atoms with E-state index >= 15 is 0 Å². The molecular weight excluding hydrogens is 304 g/mol. The van der Waals surface area contributed by atoms with Crippen LogP contribution < -0.4 is 5.32 Å². The maximum absolute atomic E-state index is 12.3. The van der Waals surface area contributed by atoms with E-state index in [9.17, 15) is 9.59 Å². The molecule has 0 saturated heterocycles. The number of nitrogens with one attached hydrogen (secondary N) is 1. The van der Waals surface area contributed by atoms with Crippen molar-refractivity contribution in [3.8, 4) is 0 Å². The number of amides is 1. The number of carbonyl (C=O) groups is 2. The summed E-state index contributed by atoms with van der Waals surface area (Å²) in [7, 11) is 0. The van der Waals surface area contributed by atoms with Crippen molar-refractivity contribution in [3.63, 3.8) is 0 Å². The number of carbonyl (C=O) groups excluding carboxylic acids is 1. The molecular formula is C16H15ClN2O3. The molecule has 0 radical (unpaired) electrons. The van der Waals surface area contributed by atoms with E-state index in [2.05, 4.69) is 10.3 Å². The summed E-state index contributed by atoms with van der Waals surface area (Å²) in [6.07, 6.45) is 2.09. The van der Waals surface area contributed by atoms with Crippen molar-refractivity contribution in [2.75, 3.05) is 0 Å². The summed E-state index contributed by atoms with van der Waals surface area (Å²) in [6, 6.07) is 8.41. The van der Waals surface area contributed by atoms with Crippen LogP contribution in [0.5, 0.6) is 0 Å². The van der Waals surface area contributed by atoms with Crippen molar-refractivity contribution < 1.29 is 14.7 Å². The molecule has 1 saturated carbocycles. The topological polar surface area (TPSA) is 79.3 Å². The van der Waals surface area contributed by atoms with Gasteiger partial charge in [0.05, 0.1) is 11.4 Å². The standard InChI is InChI=1S/C16H15ClN2O3/c17-10-6-4-9-5-7-13(18-14(9)8-10)15(20)19-12-3-1-2-11(12)16(21)22/h4-8,11-12H,1-3H2,(H,19,20)(H,21,22)/t11-,12+/m1/s1. The van der Waals surface area contributed by atoms with Crippen LogP contribution in [-0.4, -0.2) is 28.0 Å². The molecule has 1 aliphatic carbocycles. The third-order valence-corrected chi connectivity index (χ3v) is 4.27. The Bertz CT molecular complexity index is 747. The Morgan fingerprint density at radius 1 is 1.23 bits per heavy atom. The zero-order valence-electron chi connectivity index (χ0n) is 11.8. The minimum atomic E-state index is -0.860.